The summed E-state index contributed by atoms with van der Waals surface area (Å²) in [5.74, 6) is -1.30. The van der Waals surface area contributed by atoms with Gasteiger partial charge >= 0.3 is 0 Å². The Balaban J connectivity index is 1.72. The fraction of sp³-hybridized carbons (Fsp3) is 0.250. The van der Waals surface area contributed by atoms with Gasteiger partial charge in [0, 0.05) is 29.6 Å². The lowest BCUT2D eigenvalue weighted by atomic mass is 10.0. The van der Waals surface area contributed by atoms with Crippen molar-refractivity contribution in [2.24, 2.45) is 0 Å². The van der Waals surface area contributed by atoms with E-state index < -0.39 is 22.8 Å². The summed E-state index contributed by atoms with van der Waals surface area (Å²) in [5.41, 5.74) is 2.11. The number of halogens is 3. The summed E-state index contributed by atoms with van der Waals surface area (Å²) >= 11 is 6.40. The van der Waals surface area contributed by atoms with Crippen molar-refractivity contribution in [2.75, 3.05) is 0 Å². The highest BCUT2D eigenvalue weighted by Gasteiger charge is 2.20. The Hall–Kier alpha value is -3.62. The van der Waals surface area contributed by atoms with Gasteiger partial charge in [0.05, 0.1) is 22.8 Å². The van der Waals surface area contributed by atoms with Gasteiger partial charge < -0.3 is 9.84 Å². The van der Waals surface area contributed by atoms with E-state index in [2.05, 4.69) is 9.97 Å². The fourth-order valence-corrected chi connectivity index (χ4v) is 4.07. The van der Waals surface area contributed by atoms with Crippen molar-refractivity contribution >= 4 is 11.6 Å². The van der Waals surface area contributed by atoms with Crippen molar-refractivity contribution in [3.63, 3.8) is 0 Å². The molecule has 0 bridgehead atoms. The minimum atomic E-state index is -1.13. The highest BCUT2D eigenvalue weighted by molar-refractivity contribution is 6.31. The highest BCUT2D eigenvalue weighted by atomic mass is 35.5. The topological polar surface area (TPSA) is 77.2 Å². The summed E-state index contributed by atoms with van der Waals surface area (Å²) < 4.78 is 34.8. The first kappa shape index (κ1) is 26.4. The van der Waals surface area contributed by atoms with Gasteiger partial charge in [-0.25, -0.2) is 13.8 Å². The number of aryl methyl sites for hydroxylation is 3. The fourth-order valence-electron chi connectivity index (χ4n) is 3.88. The van der Waals surface area contributed by atoms with Crippen molar-refractivity contribution in [1.29, 1.82) is 0 Å². The second-order valence-electron chi connectivity index (χ2n) is 9.41. The number of aliphatic hydroxyl groups is 1. The first-order valence-electron chi connectivity index (χ1n) is 11.5. The average molecular weight is 526 g/mol. The maximum absolute atomic E-state index is 14.1. The minimum Gasteiger partial charge on any atom is -0.487 e. The number of hydrogen-bond acceptors (Lipinski definition) is 5. The molecule has 0 spiro atoms. The van der Waals surface area contributed by atoms with Gasteiger partial charge in [-0.3, -0.25) is 14.3 Å². The predicted molar refractivity (Wildman–Crippen MR) is 138 cm³/mol. The third kappa shape index (κ3) is 5.40. The van der Waals surface area contributed by atoms with E-state index in [0.717, 1.165) is 11.6 Å². The molecule has 0 saturated carbocycles. The van der Waals surface area contributed by atoms with Crippen LogP contribution in [0.3, 0.4) is 0 Å². The second kappa shape index (κ2) is 10.0. The van der Waals surface area contributed by atoms with Crippen LogP contribution in [0.5, 0.6) is 5.75 Å². The van der Waals surface area contributed by atoms with Gasteiger partial charge in [-0.15, -0.1) is 0 Å². The van der Waals surface area contributed by atoms with Crippen molar-refractivity contribution in [1.82, 2.24) is 14.5 Å². The van der Waals surface area contributed by atoms with E-state index in [1.165, 1.54) is 17.6 Å². The number of aromatic nitrogens is 3. The molecule has 3 aromatic heterocycles. The molecular formula is C28H26ClF2N3O3. The molecule has 0 fully saturated rings. The van der Waals surface area contributed by atoms with Crippen LogP contribution in [0.15, 0.2) is 53.5 Å². The maximum atomic E-state index is 14.1. The molecule has 192 valence electrons. The molecule has 3 heterocycles. The summed E-state index contributed by atoms with van der Waals surface area (Å²) in [5, 5.41) is 10.2. The molecule has 1 aromatic carbocycles. The van der Waals surface area contributed by atoms with Crippen molar-refractivity contribution in [3.05, 3.63) is 104 Å². The average Bonchev–Trinajstić information content (AvgIpc) is 2.84. The van der Waals surface area contributed by atoms with Gasteiger partial charge in [0.25, 0.3) is 5.56 Å². The number of benzene rings is 1. The molecule has 0 aliphatic rings. The molecule has 0 amide bonds. The van der Waals surface area contributed by atoms with E-state index >= 15 is 0 Å². The summed E-state index contributed by atoms with van der Waals surface area (Å²) in [6.45, 7) is 8.13. The van der Waals surface area contributed by atoms with E-state index in [1.54, 1.807) is 57.3 Å². The summed E-state index contributed by atoms with van der Waals surface area (Å²) in [6, 6.07) is 10.8. The minimum absolute atomic E-state index is 0.0910. The Morgan fingerprint density at radius 1 is 1.03 bits per heavy atom. The second-order valence-corrected chi connectivity index (χ2v) is 9.79. The zero-order chi connectivity index (χ0) is 27.1. The summed E-state index contributed by atoms with van der Waals surface area (Å²) in [4.78, 5) is 22.3. The number of pyridine rings is 3. The lowest BCUT2D eigenvalue weighted by Gasteiger charge is -2.18. The van der Waals surface area contributed by atoms with Gasteiger partial charge in [0.1, 0.15) is 34.6 Å². The van der Waals surface area contributed by atoms with Crippen LogP contribution in [0.1, 0.15) is 41.9 Å². The standard InChI is InChI=1S/C28H26ClF2N3O3/c1-15-9-18(20(31)11-19(15)30)14-37-24-10-17(3)34(27(35)26(24)29)23-12-22(32-13-16(23)2)21-7-6-8-25(33-21)28(4,5)36/h6-13,36H,14H2,1-5H3. The van der Waals surface area contributed by atoms with E-state index in [9.17, 15) is 18.7 Å². The normalized spacial score (nSPS) is 11.6. The van der Waals surface area contributed by atoms with Crippen molar-refractivity contribution < 1.29 is 18.6 Å². The number of hydrogen-bond donors (Lipinski definition) is 1. The molecule has 0 saturated heterocycles. The van der Waals surface area contributed by atoms with Crippen LogP contribution < -0.4 is 10.3 Å². The van der Waals surface area contributed by atoms with Crippen LogP contribution in [0, 0.1) is 32.4 Å². The van der Waals surface area contributed by atoms with E-state index in [1.807, 2.05) is 6.92 Å². The quantitative estimate of drug-likeness (QED) is 0.336. The summed E-state index contributed by atoms with van der Waals surface area (Å²) in [6.07, 6.45) is 1.63. The third-order valence-electron chi connectivity index (χ3n) is 5.96. The smallest absolute Gasteiger partial charge is 0.277 e. The molecule has 0 radical (unpaired) electrons. The van der Waals surface area contributed by atoms with Gasteiger partial charge in [-0.05, 0) is 70.0 Å². The van der Waals surface area contributed by atoms with Crippen LogP contribution in [0.25, 0.3) is 17.1 Å². The van der Waals surface area contributed by atoms with Crippen molar-refractivity contribution in [2.45, 2.75) is 46.8 Å². The molecule has 9 heteroatoms. The van der Waals surface area contributed by atoms with Crippen LogP contribution in [-0.2, 0) is 12.2 Å². The molecule has 4 aromatic rings. The lowest BCUT2D eigenvalue weighted by molar-refractivity contribution is 0.0740. The predicted octanol–water partition coefficient (Wildman–Crippen LogP) is 5.96. The summed E-state index contributed by atoms with van der Waals surface area (Å²) in [7, 11) is 0. The van der Waals surface area contributed by atoms with Crippen molar-refractivity contribution in [3.8, 4) is 22.8 Å². The Bertz CT molecular complexity index is 1560. The monoisotopic (exact) mass is 525 g/mol. The van der Waals surface area contributed by atoms with E-state index in [-0.39, 0.29) is 28.5 Å². The maximum Gasteiger partial charge on any atom is 0.277 e. The lowest BCUT2D eigenvalue weighted by Crippen LogP contribution is -2.23. The molecule has 1 N–H and O–H groups in total. The SMILES string of the molecule is Cc1cc(COc2cc(C)n(-c3cc(-c4cccc(C(C)(C)O)n4)ncc3C)c(=O)c2Cl)c(F)cc1F. The molecule has 4 rings (SSSR count). The Morgan fingerprint density at radius 2 is 1.76 bits per heavy atom. The van der Waals surface area contributed by atoms with Crippen LogP contribution in [-0.4, -0.2) is 19.6 Å². The Labute approximate surface area is 218 Å². The van der Waals surface area contributed by atoms with E-state index in [4.69, 9.17) is 16.3 Å². The zero-order valence-corrected chi connectivity index (χ0v) is 21.8. The number of ether oxygens (including phenoxy) is 1. The first-order valence-corrected chi connectivity index (χ1v) is 11.9. The van der Waals surface area contributed by atoms with Gasteiger partial charge in [0.2, 0.25) is 0 Å². The van der Waals surface area contributed by atoms with Crippen LogP contribution in [0.2, 0.25) is 5.02 Å². The molecule has 0 aliphatic heterocycles. The Morgan fingerprint density at radius 3 is 2.46 bits per heavy atom. The molecule has 6 nitrogen and oxygen atoms in total. The molecule has 0 unspecified atom stereocenters. The number of nitrogens with zero attached hydrogens (tertiary/aromatic N) is 3. The number of rotatable bonds is 6. The molecule has 37 heavy (non-hydrogen) atoms. The van der Waals surface area contributed by atoms with Crippen LogP contribution in [0.4, 0.5) is 8.78 Å². The molecule has 0 atom stereocenters. The van der Waals surface area contributed by atoms with Gasteiger partial charge in [0.15, 0.2) is 0 Å². The van der Waals surface area contributed by atoms with Crippen LogP contribution >= 0.6 is 11.6 Å². The first-order chi connectivity index (χ1) is 17.4. The van der Waals surface area contributed by atoms with Gasteiger partial charge in [-0.1, -0.05) is 17.7 Å². The van der Waals surface area contributed by atoms with E-state index in [0.29, 0.717) is 28.5 Å². The molecular weight excluding hydrogens is 500 g/mol. The molecule has 0 aliphatic carbocycles. The Kier molecular flexibility index (Phi) is 7.17. The zero-order valence-electron chi connectivity index (χ0n) is 21.1. The highest BCUT2D eigenvalue weighted by Crippen LogP contribution is 2.28. The third-order valence-corrected chi connectivity index (χ3v) is 6.31. The van der Waals surface area contributed by atoms with Gasteiger partial charge in [-0.2, -0.15) is 0 Å². The largest absolute Gasteiger partial charge is 0.487 e.